The van der Waals surface area contributed by atoms with Crippen LogP contribution in [-0.2, 0) is 9.53 Å². The zero-order valence-electron chi connectivity index (χ0n) is 13.4. The molecule has 1 atom stereocenters. The van der Waals surface area contributed by atoms with Crippen molar-refractivity contribution in [1.82, 2.24) is 15.5 Å². The average molecular weight is 412 g/mol. The van der Waals surface area contributed by atoms with E-state index in [2.05, 4.69) is 15.6 Å². The highest BCUT2D eigenvalue weighted by Gasteiger charge is 2.25. The number of nitrogens with one attached hydrogen (secondary N) is 2. The molecule has 7 heteroatoms. The van der Waals surface area contributed by atoms with Gasteiger partial charge in [0, 0.05) is 52.4 Å². The molecule has 0 saturated carbocycles. The van der Waals surface area contributed by atoms with Gasteiger partial charge in [-0.15, -0.1) is 24.0 Å². The second-order valence-corrected chi connectivity index (χ2v) is 4.87. The maximum absolute atomic E-state index is 11.6. The number of halogens is 1. The van der Waals surface area contributed by atoms with Gasteiger partial charge in [0.1, 0.15) is 0 Å². The SMILES string of the molecule is CCOCCCNC(=NC)NC1CCN(C(=O)CC)C1.I. The minimum atomic E-state index is 0. The van der Waals surface area contributed by atoms with Crippen LogP contribution in [0.5, 0.6) is 0 Å². The van der Waals surface area contributed by atoms with Gasteiger partial charge in [0.25, 0.3) is 0 Å². The van der Waals surface area contributed by atoms with Crippen molar-refractivity contribution in [3.63, 3.8) is 0 Å². The number of hydrogen-bond acceptors (Lipinski definition) is 3. The van der Waals surface area contributed by atoms with Crippen molar-refractivity contribution in [2.45, 2.75) is 39.2 Å². The highest BCUT2D eigenvalue weighted by atomic mass is 127. The molecule has 1 rings (SSSR count). The van der Waals surface area contributed by atoms with Gasteiger partial charge >= 0.3 is 0 Å². The van der Waals surface area contributed by atoms with Gasteiger partial charge in [0.15, 0.2) is 5.96 Å². The first-order valence-corrected chi connectivity index (χ1v) is 7.53. The molecule has 1 heterocycles. The van der Waals surface area contributed by atoms with E-state index in [0.29, 0.717) is 12.5 Å². The topological polar surface area (TPSA) is 66.0 Å². The molecule has 1 fully saturated rings. The van der Waals surface area contributed by atoms with E-state index in [1.807, 2.05) is 18.7 Å². The van der Waals surface area contributed by atoms with Gasteiger partial charge in [0.2, 0.25) is 5.91 Å². The molecule has 1 saturated heterocycles. The predicted molar refractivity (Wildman–Crippen MR) is 96.3 cm³/mol. The molecule has 0 bridgehead atoms. The number of nitrogens with zero attached hydrogens (tertiary/aromatic N) is 2. The van der Waals surface area contributed by atoms with Gasteiger partial charge in [-0.25, -0.2) is 0 Å². The quantitative estimate of drug-likeness (QED) is 0.286. The Balaban J connectivity index is 0.00000400. The fraction of sp³-hybridized carbons (Fsp3) is 0.857. The molecule has 21 heavy (non-hydrogen) atoms. The highest BCUT2D eigenvalue weighted by molar-refractivity contribution is 14.0. The van der Waals surface area contributed by atoms with Crippen molar-refractivity contribution in [2.24, 2.45) is 4.99 Å². The van der Waals surface area contributed by atoms with Crippen LogP contribution in [0.25, 0.3) is 0 Å². The van der Waals surface area contributed by atoms with E-state index in [4.69, 9.17) is 4.74 Å². The van der Waals surface area contributed by atoms with Crippen LogP contribution >= 0.6 is 24.0 Å². The van der Waals surface area contributed by atoms with Gasteiger partial charge in [-0.05, 0) is 19.8 Å². The van der Waals surface area contributed by atoms with Crippen molar-refractivity contribution in [1.29, 1.82) is 0 Å². The maximum atomic E-state index is 11.6. The van der Waals surface area contributed by atoms with Gasteiger partial charge in [-0.1, -0.05) is 6.92 Å². The molecule has 2 N–H and O–H groups in total. The maximum Gasteiger partial charge on any atom is 0.222 e. The summed E-state index contributed by atoms with van der Waals surface area (Å²) in [7, 11) is 1.77. The molecular formula is C14H29IN4O2. The molecule has 1 aliphatic heterocycles. The zero-order chi connectivity index (χ0) is 14.8. The summed E-state index contributed by atoms with van der Waals surface area (Å²) in [6.45, 7) is 7.88. The molecule has 1 unspecified atom stereocenters. The fourth-order valence-corrected chi connectivity index (χ4v) is 2.24. The Morgan fingerprint density at radius 2 is 2.19 bits per heavy atom. The van der Waals surface area contributed by atoms with Crippen LogP contribution in [-0.4, -0.2) is 62.7 Å². The summed E-state index contributed by atoms with van der Waals surface area (Å²) in [5, 5.41) is 6.64. The van der Waals surface area contributed by atoms with Crippen LogP contribution in [0.15, 0.2) is 4.99 Å². The van der Waals surface area contributed by atoms with Crippen LogP contribution in [0.1, 0.15) is 33.1 Å². The molecule has 6 nitrogen and oxygen atoms in total. The van der Waals surface area contributed by atoms with Crippen LogP contribution in [0.4, 0.5) is 0 Å². The Morgan fingerprint density at radius 1 is 1.43 bits per heavy atom. The summed E-state index contributed by atoms with van der Waals surface area (Å²) < 4.78 is 5.29. The number of guanidine groups is 1. The largest absolute Gasteiger partial charge is 0.382 e. The summed E-state index contributed by atoms with van der Waals surface area (Å²) in [6, 6.07) is 0.295. The van der Waals surface area contributed by atoms with Crippen LogP contribution in [0.2, 0.25) is 0 Å². The zero-order valence-corrected chi connectivity index (χ0v) is 15.7. The Morgan fingerprint density at radius 3 is 2.81 bits per heavy atom. The first-order chi connectivity index (χ1) is 9.71. The third kappa shape index (κ3) is 7.85. The minimum absolute atomic E-state index is 0. The normalized spacial score (nSPS) is 18.3. The second kappa shape index (κ2) is 12.0. The molecule has 0 aromatic rings. The second-order valence-electron chi connectivity index (χ2n) is 4.87. The third-order valence-corrected chi connectivity index (χ3v) is 3.37. The summed E-state index contributed by atoms with van der Waals surface area (Å²) in [6.07, 6.45) is 2.52. The summed E-state index contributed by atoms with van der Waals surface area (Å²) in [5.41, 5.74) is 0. The van der Waals surface area contributed by atoms with Gasteiger partial charge in [-0.3, -0.25) is 9.79 Å². The lowest BCUT2D eigenvalue weighted by Crippen LogP contribution is -2.45. The number of carbonyl (C=O) groups excluding carboxylic acids is 1. The monoisotopic (exact) mass is 412 g/mol. The van der Waals surface area contributed by atoms with Gasteiger partial charge in [0.05, 0.1) is 0 Å². The van der Waals surface area contributed by atoms with Crippen LogP contribution < -0.4 is 10.6 Å². The molecule has 0 spiro atoms. The lowest BCUT2D eigenvalue weighted by Gasteiger charge is -2.18. The first kappa shape index (κ1) is 20.4. The van der Waals surface area contributed by atoms with Crippen molar-refractivity contribution >= 4 is 35.8 Å². The lowest BCUT2D eigenvalue weighted by molar-refractivity contribution is -0.129. The molecule has 0 aromatic heterocycles. The Bertz CT molecular complexity index is 326. The molecule has 1 aliphatic rings. The molecular weight excluding hydrogens is 383 g/mol. The summed E-state index contributed by atoms with van der Waals surface area (Å²) in [4.78, 5) is 17.8. The minimum Gasteiger partial charge on any atom is -0.382 e. The fourth-order valence-electron chi connectivity index (χ4n) is 2.24. The molecule has 0 radical (unpaired) electrons. The Labute approximate surface area is 145 Å². The van der Waals surface area contributed by atoms with Gasteiger partial charge in [-0.2, -0.15) is 0 Å². The standard InChI is InChI=1S/C14H28N4O2.HI/c1-4-13(19)18-9-7-12(11-18)17-14(15-3)16-8-6-10-20-5-2;/h12H,4-11H2,1-3H3,(H2,15,16,17);1H. The lowest BCUT2D eigenvalue weighted by atomic mass is 10.3. The van der Waals surface area contributed by atoms with Crippen molar-refractivity contribution < 1.29 is 9.53 Å². The molecule has 124 valence electrons. The van der Waals surface area contributed by atoms with E-state index < -0.39 is 0 Å². The Hall–Kier alpha value is -0.570. The van der Waals surface area contributed by atoms with E-state index in [0.717, 1.165) is 51.6 Å². The summed E-state index contributed by atoms with van der Waals surface area (Å²) >= 11 is 0. The predicted octanol–water partition coefficient (Wildman–Crippen LogP) is 1.21. The number of rotatable bonds is 7. The van der Waals surface area contributed by atoms with E-state index in [1.165, 1.54) is 0 Å². The van der Waals surface area contributed by atoms with Crippen molar-refractivity contribution in [2.75, 3.05) is 39.9 Å². The number of ether oxygens (including phenoxy) is 1. The molecule has 0 aromatic carbocycles. The number of hydrogen-bond donors (Lipinski definition) is 2. The molecule has 1 amide bonds. The third-order valence-electron chi connectivity index (χ3n) is 3.37. The van der Waals surface area contributed by atoms with Gasteiger partial charge < -0.3 is 20.3 Å². The van der Waals surface area contributed by atoms with Crippen molar-refractivity contribution in [3.05, 3.63) is 0 Å². The number of carbonyl (C=O) groups is 1. The highest BCUT2D eigenvalue weighted by Crippen LogP contribution is 2.10. The van der Waals surface area contributed by atoms with E-state index in [1.54, 1.807) is 7.05 Å². The summed E-state index contributed by atoms with van der Waals surface area (Å²) in [5.74, 6) is 1.03. The molecule has 0 aliphatic carbocycles. The van der Waals surface area contributed by atoms with Crippen LogP contribution in [0, 0.1) is 0 Å². The number of aliphatic imine (C=N–C) groups is 1. The first-order valence-electron chi connectivity index (χ1n) is 7.53. The van der Waals surface area contributed by atoms with E-state index >= 15 is 0 Å². The van der Waals surface area contributed by atoms with E-state index in [9.17, 15) is 4.79 Å². The Kier molecular flexibility index (Phi) is 11.7. The number of likely N-dealkylation sites (tertiary alicyclic amines) is 1. The smallest absolute Gasteiger partial charge is 0.222 e. The average Bonchev–Trinajstić information content (AvgIpc) is 2.93. The van der Waals surface area contributed by atoms with Crippen LogP contribution in [0.3, 0.4) is 0 Å². The van der Waals surface area contributed by atoms with E-state index in [-0.39, 0.29) is 29.9 Å². The van der Waals surface area contributed by atoms with Crippen molar-refractivity contribution in [3.8, 4) is 0 Å². The number of amides is 1.